The molecule has 0 N–H and O–H groups in total. The molecule has 6 nitrogen and oxygen atoms in total. The fourth-order valence-electron chi connectivity index (χ4n) is 2.36. The Morgan fingerprint density at radius 3 is 1.31 bits per heavy atom. The monoisotopic (exact) mass is 514 g/mol. The van der Waals surface area contributed by atoms with E-state index >= 15 is 0 Å². The summed E-state index contributed by atoms with van der Waals surface area (Å²) in [6.45, 7) is -0.717. The van der Waals surface area contributed by atoms with Gasteiger partial charge < -0.3 is 18.9 Å². The predicted molar refractivity (Wildman–Crippen MR) is 122 cm³/mol. The number of hydrogen-bond acceptors (Lipinski definition) is 6. The summed E-state index contributed by atoms with van der Waals surface area (Å²) in [7, 11) is 0. The van der Waals surface area contributed by atoms with Crippen LogP contribution in [0.15, 0.2) is 60.7 Å². The Kier molecular flexibility index (Phi) is 8.47. The summed E-state index contributed by atoms with van der Waals surface area (Å²) < 4.78 is 21.0. The third-order valence-corrected chi connectivity index (χ3v) is 4.83. The van der Waals surface area contributed by atoms with E-state index in [0.717, 1.165) is 0 Å². The molecular formula is C22H14Cl4O6. The molecule has 0 bridgehead atoms. The van der Waals surface area contributed by atoms with E-state index in [1.165, 1.54) is 36.4 Å². The van der Waals surface area contributed by atoms with Crippen LogP contribution in [-0.2, 0) is 9.59 Å². The molecule has 10 heteroatoms. The number of rotatable bonds is 8. The lowest BCUT2D eigenvalue weighted by molar-refractivity contribution is -0.137. The molecule has 166 valence electrons. The van der Waals surface area contributed by atoms with Crippen LogP contribution in [0.1, 0.15) is 0 Å². The summed E-state index contributed by atoms with van der Waals surface area (Å²) in [5.41, 5.74) is 0. The van der Waals surface area contributed by atoms with Crippen LogP contribution in [0.3, 0.4) is 0 Å². The Balaban J connectivity index is 1.45. The molecule has 3 aromatic rings. The molecule has 0 unspecified atom stereocenters. The molecule has 0 heterocycles. The van der Waals surface area contributed by atoms with Crippen LogP contribution in [-0.4, -0.2) is 25.2 Å². The van der Waals surface area contributed by atoms with Gasteiger partial charge in [-0.25, -0.2) is 9.59 Å². The Bertz CT molecular complexity index is 1030. The van der Waals surface area contributed by atoms with Crippen LogP contribution in [0, 0.1) is 0 Å². The summed E-state index contributed by atoms with van der Waals surface area (Å²) in [6.07, 6.45) is 0. The molecule has 0 aliphatic heterocycles. The van der Waals surface area contributed by atoms with Crippen LogP contribution in [0.5, 0.6) is 23.0 Å². The Labute approximate surface area is 203 Å². The highest BCUT2D eigenvalue weighted by molar-refractivity contribution is 6.36. The minimum atomic E-state index is -0.644. The average molecular weight is 516 g/mol. The zero-order valence-corrected chi connectivity index (χ0v) is 19.2. The number of ether oxygens (including phenoxy) is 4. The standard InChI is InChI=1S/C22H14Cl4O6/c23-13-1-7-19(17(25)9-13)29-11-21(27)31-15-3-5-16(6-4-15)32-22(28)12-30-20-8-2-14(24)10-18(20)26/h1-10H,11-12H2. The number of hydrogen-bond donors (Lipinski definition) is 0. The zero-order chi connectivity index (χ0) is 23.1. The van der Waals surface area contributed by atoms with Gasteiger partial charge in [0.05, 0.1) is 10.0 Å². The second kappa shape index (κ2) is 11.3. The third kappa shape index (κ3) is 7.21. The highest BCUT2D eigenvalue weighted by Crippen LogP contribution is 2.28. The van der Waals surface area contributed by atoms with Crippen molar-refractivity contribution in [2.75, 3.05) is 13.2 Å². The first-order valence-electron chi connectivity index (χ1n) is 8.97. The topological polar surface area (TPSA) is 71.1 Å². The summed E-state index contributed by atoms with van der Waals surface area (Å²) in [5.74, 6) is -0.202. The second-order valence-electron chi connectivity index (χ2n) is 6.15. The van der Waals surface area contributed by atoms with Crippen LogP contribution in [0.4, 0.5) is 0 Å². The van der Waals surface area contributed by atoms with Crippen LogP contribution < -0.4 is 18.9 Å². The van der Waals surface area contributed by atoms with E-state index < -0.39 is 11.9 Å². The van der Waals surface area contributed by atoms with E-state index in [2.05, 4.69) is 0 Å². The van der Waals surface area contributed by atoms with E-state index in [0.29, 0.717) is 21.5 Å². The normalized spacial score (nSPS) is 10.4. The van der Waals surface area contributed by atoms with E-state index in [4.69, 9.17) is 65.4 Å². The third-order valence-electron chi connectivity index (χ3n) is 3.77. The summed E-state index contributed by atoms with van der Waals surface area (Å²) in [4.78, 5) is 23.9. The number of esters is 2. The Morgan fingerprint density at radius 1 is 0.594 bits per heavy atom. The molecule has 0 amide bonds. The maximum Gasteiger partial charge on any atom is 0.349 e. The molecule has 0 aliphatic carbocycles. The maximum absolute atomic E-state index is 12.0. The second-order valence-corrected chi connectivity index (χ2v) is 7.83. The Morgan fingerprint density at radius 2 is 0.969 bits per heavy atom. The average Bonchev–Trinajstić information content (AvgIpc) is 2.74. The first-order chi connectivity index (χ1) is 15.3. The molecule has 0 radical (unpaired) electrons. The lowest BCUT2D eigenvalue weighted by Gasteiger charge is -2.10. The lowest BCUT2D eigenvalue weighted by Crippen LogP contribution is -2.18. The lowest BCUT2D eigenvalue weighted by atomic mass is 10.3. The van der Waals surface area contributed by atoms with Crippen molar-refractivity contribution in [1.29, 1.82) is 0 Å². The van der Waals surface area contributed by atoms with E-state index in [1.54, 1.807) is 24.3 Å². The van der Waals surface area contributed by atoms with Gasteiger partial charge in [-0.3, -0.25) is 0 Å². The summed E-state index contributed by atoms with van der Waals surface area (Å²) in [6, 6.07) is 15.1. The van der Waals surface area contributed by atoms with Gasteiger partial charge in [0, 0.05) is 10.0 Å². The predicted octanol–water partition coefficient (Wildman–Crippen LogP) is 6.27. The molecule has 0 spiro atoms. The molecule has 3 aromatic carbocycles. The molecule has 3 rings (SSSR count). The Hall–Kier alpha value is -2.64. The molecule has 32 heavy (non-hydrogen) atoms. The van der Waals surface area contributed by atoms with Gasteiger partial charge in [-0.1, -0.05) is 46.4 Å². The van der Waals surface area contributed by atoms with Crippen molar-refractivity contribution >= 4 is 58.3 Å². The molecule has 0 aliphatic rings. The van der Waals surface area contributed by atoms with Crippen molar-refractivity contribution in [2.45, 2.75) is 0 Å². The SMILES string of the molecule is O=C(COc1ccc(Cl)cc1Cl)Oc1ccc(OC(=O)COc2ccc(Cl)cc2Cl)cc1. The van der Waals surface area contributed by atoms with E-state index in [1.807, 2.05) is 0 Å². The van der Waals surface area contributed by atoms with Gasteiger partial charge >= 0.3 is 11.9 Å². The van der Waals surface area contributed by atoms with Gasteiger partial charge in [0.15, 0.2) is 13.2 Å². The van der Waals surface area contributed by atoms with Crippen LogP contribution in [0.25, 0.3) is 0 Å². The smallest absolute Gasteiger partial charge is 0.349 e. The zero-order valence-electron chi connectivity index (χ0n) is 16.1. The molecule has 0 saturated heterocycles. The van der Waals surface area contributed by atoms with E-state index in [9.17, 15) is 9.59 Å². The van der Waals surface area contributed by atoms with Gasteiger partial charge in [0.2, 0.25) is 0 Å². The van der Waals surface area contributed by atoms with Gasteiger partial charge in [0.1, 0.15) is 23.0 Å². The highest BCUT2D eigenvalue weighted by Gasteiger charge is 2.11. The highest BCUT2D eigenvalue weighted by atomic mass is 35.5. The van der Waals surface area contributed by atoms with Gasteiger partial charge in [-0.2, -0.15) is 0 Å². The van der Waals surface area contributed by atoms with Gasteiger partial charge in [-0.15, -0.1) is 0 Å². The maximum atomic E-state index is 12.0. The number of halogens is 4. The fraction of sp³-hybridized carbons (Fsp3) is 0.0909. The molecule has 0 aromatic heterocycles. The minimum Gasteiger partial charge on any atom is -0.480 e. The van der Waals surface area contributed by atoms with Crippen LogP contribution in [0.2, 0.25) is 20.1 Å². The molecule has 0 atom stereocenters. The first-order valence-corrected chi connectivity index (χ1v) is 10.5. The first kappa shape index (κ1) is 24.0. The fourth-order valence-corrected chi connectivity index (χ4v) is 3.28. The molecule has 0 saturated carbocycles. The van der Waals surface area contributed by atoms with Gasteiger partial charge in [0.25, 0.3) is 0 Å². The van der Waals surface area contributed by atoms with E-state index in [-0.39, 0.29) is 34.8 Å². The van der Waals surface area contributed by atoms with Crippen molar-refractivity contribution in [3.8, 4) is 23.0 Å². The van der Waals surface area contributed by atoms with Crippen molar-refractivity contribution in [3.63, 3.8) is 0 Å². The largest absolute Gasteiger partial charge is 0.480 e. The number of carbonyl (C=O) groups excluding carboxylic acids is 2. The van der Waals surface area contributed by atoms with Gasteiger partial charge in [-0.05, 0) is 60.7 Å². The summed E-state index contributed by atoms with van der Waals surface area (Å²) in [5, 5.41) is 1.45. The van der Waals surface area contributed by atoms with Crippen molar-refractivity contribution in [1.82, 2.24) is 0 Å². The van der Waals surface area contributed by atoms with Crippen molar-refractivity contribution in [3.05, 3.63) is 80.8 Å². The van der Waals surface area contributed by atoms with Crippen LogP contribution >= 0.6 is 46.4 Å². The van der Waals surface area contributed by atoms with Crippen molar-refractivity contribution in [2.24, 2.45) is 0 Å². The quantitative estimate of drug-likeness (QED) is 0.260. The molecule has 0 fully saturated rings. The number of benzene rings is 3. The summed E-state index contributed by atoms with van der Waals surface area (Å²) >= 11 is 23.6. The molecular weight excluding hydrogens is 502 g/mol. The minimum absolute atomic E-state index is 0.241. The van der Waals surface area contributed by atoms with Crippen molar-refractivity contribution < 1.29 is 28.5 Å². The number of carbonyl (C=O) groups is 2.